The summed E-state index contributed by atoms with van der Waals surface area (Å²) in [5, 5.41) is 0. The molecule has 2 aliphatic rings. The molecule has 1 aliphatic heterocycles. The van der Waals surface area contributed by atoms with Gasteiger partial charge < -0.3 is 10.6 Å². The Morgan fingerprint density at radius 3 is 2.39 bits per heavy atom. The van der Waals surface area contributed by atoms with E-state index in [9.17, 15) is 4.79 Å². The van der Waals surface area contributed by atoms with Gasteiger partial charge in [-0.2, -0.15) is 0 Å². The van der Waals surface area contributed by atoms with Crippen molar-refractivity contribution in [3.8, 4) is 0 Å². The fourth-order valence-electron chi connectivity index (χ4n) is 3.00. The normalized spacial score (nSPS) is 27.9. The minimum Gasteiger partial charge on any atom is -0.334 e. The fourth-order valence-corrected chi connectivity index (χ4v) is 3.00. The first-order valence-corrected chi connectivity index (χ1v) is 6.85. The largest absolute Gasteiger partial charge is 0.334 e. The summed E-state index contributed by atoms with van der Waals surface area (Å²) >= 11 is 0. The molecule has 18 heavy (non-hydrogen) atoms. The van der Waals surface area contributed by atoms with Gasteiger partial charge in [0.25, 0.3) is 0 Å². The minimum absolute atomic E-state index is 0.0655. The van der Waals surface area contributed by atoms with Gasteiger partial charge in [0.1, 0.15) is 0 Å². The van der Waals surface area contributed by atoms with E-state index in [4.69, 9.17) is 5.73 Å². The van der Waals surface area contributed by atoms with Crippen LogP contribution in [0.3, 0.4) is 0 Å². The maximum Gasteiger partial charge on any atom is 0.224 e. The van der Waals surface area contributed by atoms with Crippen LogP contribution in [0.15, 0.2) is 24.3 Å². The molecule has 1 saturated carbocycles. The van der Waals surface area contributed by atoms with Crippen LogP contribution < -0.4 is 5.73 Å². The first-order valence-electron chi connectivity index (χ1n) is 6.85. The van der Waals surface area contributed by atoms with Crippen molar-refractivity contribution in [2.24, 2.45) is 5.73 Å². The Hall–Kier alpha value is -1.35. The van der Waals surface area contributed by atoms with E-state index in [0.29, 0.717) is 6.42 Å². The van der Waals surface area contributed by atoms with Crippen molar-refractivity contribution >= 4 is 5.91 Å². The van der Waals surface area contributed by atoms with E-state index in [-0.39, 0.29) is 18.0 Å². The molecule has 1 saturated heterocycles. The summed E-state index contributed by atoms with van der Waals surface area (Å²) in [6.45, 7) is 2.75. The van der Waals surface area contributed by atoms with Crippen LogP contribution >= 0.6 is 0 Å². The fraction of sp³-hybridized carbons (Fsp3) is 0.533. The molecular weight excluding hydrogens is 224 g/mol. The van der Waals surface area contributed by atoms with Gasteiger partial charge >= 0.3 is 0 Å². The molecular formula is C15H20N2O. The second-order valence-electron chi connectivity index (χ2n) is 5.43. The van der Waals surface area contributed by atoms with Gasteiger partial charge in [-0.1, -0.05) is 24.3 Å². The van der Waals surface area contributed by atoms with Gasteiger partial charge in [0, 0.05) is 19.0 Å². The van der Waals surface area contributed by atoms with Crippen LogP contribution in [0.2, 0.25) is 0 Å². The minimum atomic E-state index is -0.0655. The van der Waals surface area contributed by atoms with E-state index < -0.39 is 0 Å². The molecule has 2 atom stereocenters. The first-order chi connectivity index (χ1) is 8.70. The average Bonchev–Trinajstić information content (AvgIpc) is 3.16. The maximum atomic E-state index is 11.8. The van der Waals surface area contributed by atoms with E-state index in [1.54, 1.807) is 0 Å². The zero-order valence-corrected chi connectivity index (χ0v) is 10.8. The third kappa shape index (κ3) is 1.93. The number of hydrogen-bond acceptors (Lipinski definition) is 2. The van der Waals surface area contributed by atoms with Gasteiger partial charge in [-0.3, -0.25) is 4.79 Å². The lowest BCUT2D eigenvalue weighted by Crippen LogP contribution is -2.32. The molecule has 2 N–H and O–H groups in total. The highest BCUT2D eigenvalue weighted by Crippen LogP contribution is 2.41. The second-order valence-corrected chi connectivity index (χ2v) is 5.43. The molecule has 2 unspecified atom stereocenters. The molecule has 1 aromatic carbocycles. The van der Waals surface area contributed by atoms with Crippen LogP contribution in [-0.4, -0.2) is 23.4 Å². The van der Waals surface area contributed by atoms with Gasteiger partial charge in [0.15, 0.2) is 0 Å². The Morgan fingerprint density at radius 1 is 1.22 bits per heavy atom. The Kier molecular flexibility index (Phi) is 2.86. The van der Waals surface area contributed by atoms with Crippen LogP contribution in [0, 0.1) is 0 Å². The Balaban J connectivity index is 1.85. The van der Waals surface area contributed by atoms with E-state index in [0.717, 1.165) is 12.5 Å². The van der Waals surface area contributed by atoms with Gasteiger partial charge in [-0.05, 0) is 36.8 Å². The summed E-state index contributed by atoms with van der Waals surface area (Å²) in [5.41, 5.74) is 8.73. The summed E-state index contributed by atoms with van der Waals surface area (Å²) < 4.78 is 0. The third-order valence-corrected chi connectivity index (χ3v) is 4.14. The van der Waals surface area contributed by atoms with Crippen molar-refractivity contribution in [1.82, 2.24) is 4.90 Å². The number of nitrogens with two attached hydrogens (primary N) is 1. The highest BCUT2D eigenvalue weighted by Gasteiger charge is 2.37. The number of benzene rings is 1. The molecule has 3 nitrogen and oxygen atoms in total. The van der Waals surface area contributed by atoms with Crippen molar-refractivity contribution < 1.29 is 4.79 Å². The molecule has 0 aromatic heterocycles. The maximum absolute atomic E-state index is 11.8. The molecule has 1 aliphatic carbocycles. The number of carbonyl (C=O) groups excluding carboxylic acids is 1. The van der Waals surface area contributed by atoms with Gasteiger partial charge in [-0.15, -0.1) is 0 Å². The highest BCUT2D eigenvalue weighted by atomic mass is 16.2. The van der Waals surface area contributed by atoms with Crippen LogP contribution in [-0.2, 0) is 4.79 Å². The standard InChI is InChI=1S/C15H20N2O/c1-2-17-14(18)9-13(16)15(17)12-7-5-11(6-8-12)10-3-4-10/h5-8,10,13,15H,2-4,9,16H2,1H3. The summed E-state index contributed by atoms with van der Waals surface area (Å²) in [5.74, 6) is 0.960. The third-order valence-electron chi connectivity index (χ3n) is 4.14. The highest BCUT2D eigenvalue weighted by molar-refractivity contribution is 5.80. The van der Waals surface area contributed by atoms with Gasteiger partial charge in [-0.25, -0.2) is 0 Å². The SMILES string of the molecule is CCN1C(=O)CC(N)C1c1ccc(C2CC2)cc1. The molecule has 96 valence electrons. The van der Waals surface area contributed by atoms with Crippen molar-refractivity contribution in [3.63, 3.8) is 0 Å². The van der Waals surface area contributed by atoms with E-state index >= 15 is 0 Å². The predicted molar refractivity (Wildman–Crippen MR) is 71.1 cm³/mol. The molecule has 1 aromatic rings. The first kappa shape index (κ1) is 11.7. The quantitative estimate of drug-likeness (QED) is 0.886. The zero-order valence-electron chi connectivity index (χ0n) is 10.8. The summed E-state index contributed by atoms with van der Waals surface area (Å²) in [6, 6.07) is 8.71. The van der Waals surface area contributed by atoms with Crippen LogP contribution in [0.4, 0.5) is 0 Å². The molecule has 1 amide bonds. The monoisotopic (exact) mass is 244 g/mol. The Morgan fingerprint density at radius 2 is 1.83 bits per heavy atom. The summed E-state index contributed by atoms with van der Waals surface area (Å²) in [6.07, 6.45) is 3.12. The lowest BCUT2D eigenvalue weighted by Gasteiger charge is -2.26. The van der Waals surface area contributed by atoms with E-state index in [1.165, 1.54) is 24.0 Å². The van der Waals surface area contributed by atoms with Crippen LogP contribution in [0.5, 0.6) is 0 Å². The van der Waals surface area contributed by atoms with E-state index in [1.807, 2.05) is 11.8 Å². The van der Waals surface area contributed by atoms with Crippen molar-refractivity contribution in [2.45, 2.75) is 44.2 Å². The van der Waals surface area contributed by atoms with Crippen LogP contribution in [0.1, 0.15) is 49.3 Å². The summed E-state index contributed by atoms with van der Waals surface area (Å²) in [4.78, 5) is 13.7. The number of hydrogen-bond donors (Lipinski definition) is 1. The Bertz CT molecular complexity index is 450. The van der Waals surface area contributed by atoms with Crippen molar-refractivity contribution in [1.29, 1.82) is 0 Å². The summed E-state index contributed by atoms with van der Waals surface area (Å²) in [7, 11) is 0. The number of likely N-dealkylation sites (tertiary alicyclic amines) is 1. The van der Waals surface area contributed by atoms with Gasteiger partial charge in [0.05, 0.1) is 6.04 Å². The second kappa shape index (κ2) is 4.39. The number of rotatable bonds is 3. The zero-order chi connectivity index (χ0) is 12.7. The number of likely N-dealkylation sites (N-methyl/N-ethyl adjacent to an activating group) is 1. The topological polar surface area (TPSA) is 46.3 Å². The average molecular weight is 244 g/mol. The van der Waals surface area contributed by atoms with Crippen molar-refractivity contribution in [3.05, 3.63) is 35.4 Å². The molecule has 0 radical (unpaired) electrons. The lowest BCUT2D eigenvalue weighted by atomic mass is 9.98. The molecule has 3 rings (SSSR count). The molecule has 0 bridgehead atoms. The Labute approximate surface area is 108 Å². The number of amides is 1. The predicted octanol–water partition coefficient (Wildman–Crippen LogP) is 2.18. The number of nitrogens with zero attached hydrogens (tertiary/aromatic N) is 1. The molecule has 0 spiro atoms. The lowest BCUT2D eigenvalue weighted by molar-refractivity contribution is -0.128. The van der Waals surface area contributed by atoms with Crippen LogP contribution in [0.25, 0.3) is 0 Å². The molecule has 2 fully saturated rings. The van der Waals surface area contributed by atoms with Gasteiger partial charge in [0.2, 0.25) is 5.91 Å². The molecule has 1 heterocycles. The smallest absolute Gasteiger partial charge is 0.224 e. The van der Waals surface area contributed by atoms with E-state index in [2.05, 4.69) is 24.3 Å². The molecule has 3 heteroatoms. The number of carbonyl (C=O) groups is 1. The van der Waals surface area contributed by atoms with Crippen molar-refractivity contribution in [2.75, 3.05) is 6.54 Å².